The Morgan fingerprint density at radius 3 is 2.21 bits per heavy atom. The summed E-state index contributed by atoms with van der Waals surface area (Å²) in [6.45, 7) is 0. The second-order valence-electron chi connectivity index (χ2n) is 4.99. The third-order valence-corrected chi connectivity index (χ3v) is 3.83. The summed E-state index contributed by atoms with van der Waals surface area (Å²) in [6.07, 6.45) is -4.46. The zero-order chi connectivity index (χ0) is 17.5. The lowest BCUT2D eigenvalue weighted by Crippen LogP contribution is -2.09. The number of benzene rings is 2. The summed E-state index contributed by atoms with van der Waals surface area (Å²) in [5.74, 6) is -0.0985. The lowest BCUT2D eigenvalue weighted by molar-refractivity contribution is -0.137. The fourth-order valence-corrected chi connectivity index (χ4v) is 2.52. The van der Waals surface area contributed by atoms with E-state index in [0.29, 0.717) is 10.9 Å². The molecule has 0 aliphatic carbocycles. The van der Waals surface area contributed by atoms with Gasteiger partial charge in [-0.25, -0.2) is 9.97 Å². The molecule has 24 heavy (non-hydrogen) atoms. The molecule has 0 radical (unpaired) electrons. The molecule has 3 rings (SSSR count). The first-order valence-corrected chi connectivity index (χ1v) is 7.81. The zero-order valence-corrected chi connectivity index (χ0v) is 14.0. The van der Waals surface area contributed by atoms with Crippen molar-refractivity contribution in [1.82, 2.24) is 9.97 Å². The van der Waals surface area contributed by atoms with Gasteiger partial charge >= 0.3 is 6.18 Å². The average molecular weight is 392 g/mol. The van der Waals surface area contributed by atoms with Gasteiger partial charge in [0, 0.05) is 10.9 Å². The van der Waals surface area contributed by atoms with Gasteiger partial charge in [-0.15, -0.1) is 0 Å². The quantitative estimate of drug-likeness (QED) is 0.465. The largest absolute Gasteiger partial charge is 0.416 e. The summed E-state index contributed by atoms with van der Waals surface area (Å²) in [6, 6.07) is 11.7. The van der Waals surface area contributed by atoms with E-state index in [4.69, 9.17) is 34.8 Å². The maximum Gasteiger partial charge on any atom is 0.416 e. The van der Waals surface area contributed by atoms with Crippen molar-refractivity contribution in [2.75, 3.05) is 0 Å². The van der Waals surface area contributed by atoms with Crippen LogP contribution in [0.1, 0.15) is 11.4 Å². The van der Waals surface area contributed by atoms with Gasteiger partial charge in [0.2, 0.25) is 3.79 Å². The lowest BCUT2D eigenvalue weighted by atomic mass is 10.0. The Morgan fingerprint density at radius 2 is 1.54 bits per heavy atom. The van der Waals surface area contributed by atoms with Crippen molar-refractivity contribution in [2.45, 2.75) is 9.97 Å². The summed E-state index contributed by atoms with van der Waals surface area (Å²) in [5, 5.41) is 0.565. The van der Waals surface area contributed by atoms with Crippen molar-refractivity contribution >= 4 is 45.7 Å². The highest BCUT2D eigenvalue weighted by molar-refractivity contribution is 6.66. The van der Waals surface area contributed by atoms with Crippen LogP contribution in [0.5, 0.6) is 0 Å². The molecule has 0 amide bonds. The Balaban J connectivity index is 2.29. The molecule has 0 bridgehead atoms. The minimum absolute atomic E-state index is 0.0985. The molecule has 0 aliphatic rings. The van der Waals surface area contributed by atoms with E-state index in [0.717, 1.165) is 12.1 Å². The van der Waals surface area contributed by atoms with Crippen LogP contribution >= 0.6 is 34.8 Å². The fourth-order valence-electron chi connectivity index (χ4n) is 2.27. The van der Waals surface area contributed by atoms with Gasteiger partial charge in [0.15, 0.2) is 5.82 Å². The molecular weight excluding hydrogens is 384 g/mol. The minimum Gasteiger partial charge on any atom is -0.228 e. The Bertz CT molecular complexity index is 905. The highest BCUT2D eigenvalue weighted by Crippen LogP contribution is 2.39. The highest BCUT2D eigenvalue weighted by Gasteiger charge is 2.31. The first-order chi connectivity index (χ1) is 11.2. The third kappa shape index (κ3) is 3.43. The van der Waals surface area contributed by atoms with Crippen LogP contribution in [0.2, 0.25) is 0 Å². The predicted octanol–water partition coefficient (Wildman–Crippen LogP) is 6.14. The number of rotatable bonds is 1. The smallest absolute Gasteiger partial charge is 0.228 e. The summed E-state index contributed by atoms with van der Waals surface area (Å²) in [4.78, 5) is 8.37. The van der Waals surface area contributed by atoms with Crippen molar-refractivity contribution in [3.05, 3.63) is 59.9 Å². The van der Waals surface area contributed by atoms with Crippen LogP contribution in [-0.2, 0) is 9.97 Å². The van der Waals surface area contributed by atoms with Gasteiger partial charge in [0.05, 0.1) is 16.8 Å². The standard InChI is InChI=1S/C16H8Cl3F3N2/c17-15(18,19)14-23-12-7-2-1-6-11(12)13(24-14)9-4-3-5-10(8-9)16(20,21)22/h1-8H. The molecule has 1 heterocycles. The van der Waals surface area contributed by atoms with Crippen molar-refractivity contribution < 1.29 is 13.2 Å². The number of hydrogen-bond acceptors (Lipinski definition) is 2. The Hall–Kier alpha value is -1.56. The number of fused-ring (bicyclic) bond motifs is 1. The molecule has 0 unspecified atom stereocenters. The zero-order valence-electron chi connectivity index (χ0n) is 11.8. The molecule has 0 atom stereocenters. The minimum atomic E-state index is -4.46. The van der Waals surface area contributed by atoms with E-state index in [9.17, 15) is 13.2 Å². The molecule has 2 aromatic carbocycles. The first-order valence-electron chi connectivity index (χ1n) is 6.68. The van der Waals surface area contributed by atoms with Gasteiger partial charge in [-0.2, -0.15) is 13.2 Å². The first kappa shape index (κ1) is 17.3. The Labute approximate surface area is 150 Å². The topological polar surface area (TPSA) is 25.8 Å². The Kier molecular flexibility index (Phi) is 4.36. The van der Waals surface area contributed by atoms with E-state index < -0.39 is 15.5 Å². The second kappa shape index (κ2) is 6.06. The van der Waals surface area contributed by atoms with E-state index in [1.165, 1.54) is 12.1 Å². The van der Waals surface area contributed by atoms with Gasteiger partial charge in [-0.05, 0) is 18.2 Å². The van der Waals surface area contributed by atoms with E-state index in [1.807, 2.05) is 0 Å². The molecular formula is C16H8Cl3F3N2. The number of alkyl halides is 6. The van der Waals surface area contributed by atoms with E-state index in [-0.39, 0.29) is 17.1 Å². The summed E-state index contributed by atoms with van der Waals surface area (Å²) < 4.78 is 37.0. The number of hydrogen-bond donors (Lipinski definition) is 0. The van der Waals surface area contributed by atoms with Crippen LogP contribution in [0.4, 0.5) is 13.2 Å². The fraction of sp³-hybridized carbons (Fsp3) is 0.125. The summed E-state index contributed by atoms with van der Waals surface area (Å²) in [5.41, 5.74) is 0.228. The number of para-hydroxylation sites is 1. The summed E-state index contributed by atoms with van der Waals surface area (Å²) in [7, 11) is 0. The van der Waals surface area contributed by atoms with E-state index >= 15 is 0 Å². The molecule has 0 fully saturated rings. The molecule has 2 nitrogen and oxygen atoms in total. The molecule has 0 N–H and O–H groups in total. The molecule has 1 aromatic heterocycles. The maximum atomic E-state index is 13.0. The van der Waals surface area contributed by atoms with Crippen molar-refractivity contribution in [1.29, 1.82) is 0 Å². The summed E-state index contributed by atoms with van der Waals surface area (Å²) >= 11 is 17.5. The van der Waals surface area contributed by atoms with Crippen LogP contribution in [0.25, 0.3) is 22.2 Å². The highest BCUT2D eigenvalue weighted by atomic mass is 35.6. The predicted molar refractivity (Wildman–Crippen MR) is 89.2 cm³/mol. The van der Waals surface area contributed by atoms with Crippen LogP contribution in [0.3, 0.4) is 0 Å². The van der Waals surface area contributed by atoms with Crippen LogP contribution in [0, 0.1) is 0 Å². The van der Waals surface area contributed by atoms with Crippen molar-refractivity contribution in [3.8, 4) is 11.3 Å². The van der Waals surface area contributed by atoms with Crippen LogP contribution < -0.4 is 0 Å². The normalized spacial score (nSPS) is 12.6. The van der Waals surface area contributed by atoms with Gasteiger partial charge in [-0.3, -0.25) is 0 Å². The van der Waals surface area contributed by atoms with Crippen LogP contribution in [0.15, 0.2) is 48.5 Å². The molecule has 8 heteroatoms. The lowest BCUT2D eigenvalue weighted by Gasteiger charge is -2.14. The van der Waals surface area contributed by atoms with Crippen molar-refractivity contribution in [3.63, 3.8) is 0 Å². The Morgan fingerprint density at radius 1 is 0.833 bits per heavy atom. The third-order valence-electron chi connectivity index (χ3n) is 3.32. The molecule has 0 saturated carbocycles. The van der Waals surface area contributed by atoms with Crippen molar-refractivity contribution in [2.24, 2.45) is 0 Å². The number of halogens is 6. The maximum absolute atomic E-state index is 13.0. The number of nitrogens with zero attached hydrogens (tertiary/aromatic N) is 2. The van der Waals surface area contributed by atoms with Gasteiger partial charge in [0.25, 0.3) is 0 Å². The molecule has 0 spiro atoms. The molecule has 3 aromatic rings. The SMILES string of the molecule is FC(F)(F)c1cccc(-c2nc(C(Cl)(Cl)Cl)nc3ccccc23)c1. The van der Waals surface area contributed by atoms with Gasteiger partial charge in [0.1, 0.15) is 0 Å². The van der Waals surface area contributed by atoms with E-state index in [1.54, 1.807) is 24.3 Å². The molecule has 0 saturated heterocycles. The van der Waals surface area contributed by atoms with Gasteiger partial charge < -0.3 is 0 Å². The van der Waals surface area contributed by atoms with E-state index in [2.05, 4.69) is 9.97 Å². The molecule has 0 aliphatic heterocycles. The van der Waals surface area contributed by atoms with Gasteiger partial charge in [-0.1, -0.05) is 65.1 Å². The number of aromatic nitrogens is 2. The average Bonchev–Trinajstić information content (AvgIpc) is 2.52. The van der Waals surface area contributed by atoms with Crippen LogP contribution in [-0.4, -0.2) is 9.97 Å². The molecule has 124 valence electrons. The monoisotopic (exact) mass is 390 g/mol. The second-order valence-corrected chi connectivity index (χ2v) is 7.27.